The zero-order valence-electron chi connectivity index (χ0n) is 8.29. The number of hydrogen-bond donors (Lipinski definition) is 2. The number of carbonyl (C=O) groups excluding carboxylic acids is 1. The van der Waals surface area contributed by atoms with Gasteiger partial charge in [0.2, 0.25) is 5.91 Å². The molecular formula is C10H13N3O. The number of fused-ring (bicyclic) bond motifs is 1. The molecule has 4 heteroatoms. The van der Waals surface area contributed by atoms with E-state index in [1.807, 2.05) is 19.9 Å². The number of aromatic nitrogens is 1. The highest BCUT2D eigenvalue weighted by molar-refractivity contribution is 5.96. The molecule has 0 aromatic carbocycles. The summed E-state index contributed by atoms with van der Waals surface area (Å²) in [5, 5.41) is 5.99. The number of anilines is 2. The molecule has 14 heavy (non-hydrogen) atoms. The van der Waals surface area contributed by atoms with Crippen LogP contribution in [-0.4, -0.2) is 17.4 Å². The summed E-state index contributed by atoms with van der Waals surface area (Å²) in [4.78, 5) is 15.7. The van der Waals surface area contributed by atoms with Crippen LogP contribution in [0.4, 0.5) is 11.5 Å². The molecule has 2 heterocycles. The minimum absolute atomic E-state index is 0.0236. The van der Waals surface area contributed by atoms with Crippen molar-refractivity contribution in [2.75, 3.05) is 17.2 Å². The first kappa shape index (κ1) is 8.99. The molecule has 1 atom stereocenters. The Kier molecular flexibility index (Phi) is 2.11. The van der Waals surface area contributed by atoms with Crippen LogP contribution in [0.1, 0.15) is 12.5 Å². The molecule has 1 amide bonds. The van der Waals surface area contributed by atoms with Gasteiger partial charge < -0.3 is 10.6 Å². The lowest BCUT2D eigenvalue weighted by Crippen LogP contribution is -2.22. The van der Waals surface area contributed by atoms with Crippen LogP contribution < -0.4 is 10.6 Å². The lowest BCUT2D eigenvalue weighted by Gasteiger charge is -2.06. The van der Waals surface area contributed by atoms with E-state index in [1.54, 1.807) is 6.20 Å². The van der Waals surface area contributed by atoms with Gasteiger partial charge in [0.25, 0.3) is 0 Å². The maximum Gasteiger partial charge on any atom is 0.229 e. The second kappa shape index (κ2) is 3.29. The number of carbonyl (C=O) groups is 1. The first-order valence-corrected chi connectivity index (χ1v) is 4.68. The summed E-state index contributed by atoms with van der Waals surface area (Å²) in [6.07, 6.45) is 1.79. The molecule has 0 radical (unpaired) electrons. The predicted octanol–water partition coefficient (Wildman–Crippen LogP) is 1.39. The van der Waals surface area contributed by atoms with Crippen LogP contribution >= 0.6 is 0 Å². The van der Waals surface area contributed by atoms with E-state index in [9.17, 15) is 4.79 Å². The van der Waals surface area contributed by atoms with Gasteiger partial charge in [0.15, 0.2) is 0 Å². The number of amides is 1. The van der Waals surface area contributed by atoms with Crippen molar-refractivity contribution in [1.82, 2.24) is 4.98 Å². The van der Waals surface area contributed by atoms with E-state index in [0.717, 1.165) is 17.1 Å². The van der Waals surface area contributed by atoms with Gasteiger partial charge in [-0.2, -0.15) is 0 Å². The lowest BCUT2D eigenvalue weighted by molar-refractivity contribution is -0.118. The quantitative estimate of drug-likeness (QED) is 0.651. The maximum absolute atomic E-state index is 11.5. The minimum Gasteiger partial charge on any atom is -0.368 e. The van der Waals surface area contributed by atoms with E-state index in [1.165, 1.54) is 0 Å². The third kappa shape index (κ3) is 1.55. The zero-order valence-corrected chi connectivity index (χ0v) is 8.29. The molecule has 0 spiro atoms. The number of hydrogen-bond acceptors (Lipinski definition) is 3. The monoisotopic (exact) mass is 191 g/mol. The molecule has 0 aliphatic carbocycles. The van der Waals surface area contributed by atoms with Crippen LogP contribution in [0.3, 0.4) is 0 Å². The van der Waals surface area contributed by atoms with Crippen LogP contribution in [0.25, 0.3) is 0 Å². The third-order valence-electron chi connectivity index (χ3n) is 2.31. The Hall–Kier alpha value is -1.58. The fourth-order valence-corrected chi connectivity index (χ4v) is 1.40. The summed E-state index contributed by atoms with van der Waals surface area (Å²) in [7, 11) is 0. The number of nitrogens with one attached hydrogen (secondary N) is 2. The van der Waals surface area contributed by atoms with Crippen molar-refractivity contribution >= 4 is 17.4 Å². The normalized spacial score (nSPS) is 20.4. The summed E-state index contributed by atoms with van der Waals surface area (Å²) < 4.78 is 0. The molecule has 2 N–H and O–H groups in total. The van der Waals surface area contributed by atoms with Gasteiger partial charge in [-0.3, -0.25) is 4.79 Å². The van der Waals surface area contributed by atoms with Gasteiger partial charge in [-0.1, -0.05) is 6.92 Å². The van der Waals surface area contributed by atoms with E-state index in [2.05, 4.69) is 15.6 Å². The topological polar surface area (TPSA) is 54.0 Å². The highest BCUT2D eigenvalue weighted by Gasteiger charge is 2.19. The number of aryl methyl sites for hydroxylation is 1. The molecule has 1 unspecified atom stereocenters. The largest absolute Gasteiger partial charge is 0.368 e. The summed E-state index contributed by atoms with van der Waals surface area (Å²) in [5.41, 5.74) is 1.82. The van der Waals surface area contributed by atoms with Crippen LogP contribution in [0.5, 0.6) is 0 Å². The first-order valence-electron chi connectivity index (χ1n) is 4.68. The number of nitrogens with zero attached hydrogens (tertiary/aromatic N) is 1. The van der Waals surface area contributed by atoms with Crippen LogP contribution in [0.15, 0.2) is 12.3 Å². The van der Waals surface area contributed by atoms with Crippen molar-refractivity contribution in [1.29, 1.82) is 0 Å². The van der Waals surface area contributed by atoms with Crippen LogP contribution in [-0.2, 0) is 4.79 Å². The highest BCUT2D eigenvalue weighted by Crippen LogP contribution is 2.23. The number of rotatable bonds is 0. The average Bonchev–Trinajstić information content (AvgIpc) is 2.27. The summed E-state index contributed by atoms with van der Waals surface area (Å²) in [6, 6.07) is 1.92. The van der Waals surface area contributed by atoms with Crippen LogP contribution in [0.2, 0.25) is 0 Å². The molecule has 4 nitrogen and oxygen atoms in total. The van der Waals surface area contributed by atoms with Crippen molar-refractivity contribution in [3.63, 3.8) is 0 Å². The molecule has 0 fully saturated rings. The van der Waals surface area contributed by atoms with E-state index in [0.29, 0.717) is 6.54 Å². The van der Waals surface area contributed by atoms with E-state index < -0.39 is 0 Å². The molecule has 2 rings (SSSR count). The SMILES string of the molecule is Cc1cnc2c(c1)NC(=O)C(C)CN2. The van der Waals surface area contributed by atoms with Crippen molar-refractivity contribution in [3.8, 4) is 0 Å². The second-order valence-corrected chi connectivity index (χ2v) is 3.68. The van der Waals surface area contributed by atoms with Crippen molar-refractivity contribution < 1.29 is 4.79 Å². The van der Waals surface area contributed by atoms with Crippen molar-refractivity contribution in [2.24, 2.45) is 5.92 Å². The Bertz CT molecular complexity index is 376. The van der Waals surface area contributed by atoms with Gasteiger partial charge in [-0.15, -0.1) is 0 Å². The first-order chi connectivity index (χ1) is 6.66. The molecule has 0 saturated carbocycles. The molecule has 74 valence electrons. The Morgan fingerprint density at radius 2 is 2.36 bits per heavy atom. The molecule has 1 aromatic heterocycles. The molecule has 1 aromatic rings. The molecule has 1 aliphatic heterocycles. The standard InChI is InChI=1S/C10H13N3O/c1-6-3-8-9(11-4-6)12-5-7(2)10(14)13-8/h3-4,7H,5H2,1-2H3,(H,11,12)(H,13,14). The van der Waals surface area contributed by atoms with Gasteiger partial charge in [0, 0.05) is 12.7 Å². The Morgan fingerprint density at radius 1 is 1.57 bits per heavy atom. The predicted molar refractivity (Wildman–Crippen MR) is 55.3 cm³/mol. The number of pyridine rings is 1. The maximum atomic E-state index is 11.5. The van der Waals surface area contributed by atoms with Gasteiger partial charge >= 0.3 is 0 Å². The summed E-state index contributed by atoms with van der Waals surface area (Å²) in [6.45, 7) is 4.48. The molecule has 0 saturated heterocycles. The van der Waals surface area contributed by atoms with E-state index in [4.69, 9.17) is 0 Å². The van der Waals surface area contributed by atoms with Gasteiger partial charge in [0.05, 0.1) is 11.6 Å². The summed E-state index contributed by atoms with van der Waals surface area (Å²) in [5.74, 6) is 0.779. The lowest BCUT2D eigenvalue weighted by atomic mass is 10.2. The Balaban J connectivity index is 2.38. The second-order valence-electron chi connectivity index (χ2n) is 3.68. The fraction of sp³-hybridized carbons (Fsp3) is 0.400. The minimum atomic E-state index is -0.0236. The van der Waals surface area contributed by atoms with Crippen LogP contribution in [0, 0.1) is 12.8 Å². The van der Waals surface area contributed by atoms with E-state index >= 15 is 0 Å². The van der Waals surface area contributed by atoms with Gasteiger partial charge in [-0.05, 0) is 18.6 Å². The smallest absolute Gasteiger partial charge is 0.229 e. The fourth-order valence-electron chi connectivity index (χ4n) is 1.40. The third-order valence-corrected chi connectivity index (χ3v) is 2.31. The van der Waals surface area contributed by atoms with E-state index in [-0.39, 0.29) is 11.8 Å². The van der Waals surface area contributed by atoms with Crippen molar-refractivity contribution in [3.05, 3.63) is 17.8 Å². The van der Waals surface area contributed by atoms with Gasteiger partial charge in [0.1, 0.15) is 5.82 Å². The van der Waals surface area contributed by atoms with Gasteiger partial charge in [-0.25, -0.2) is 4.98 Å². The molecule has 0 bridgehead atoms. The zero-order chi connectivity index (χ0) is 10.1. The molecular weight excluding hydrogens is 178 g/mol. The average molecular weight is 191 g/mol. The summed E-state index contributed by atoms with van der Waals surface area (Å²) >= 11 is 0. The highest BCUT2D eigenvalue weighted by atomic mass is 16.1. The Labute approximate surface area is 82.7 Å². The molecule has 1 aliphatic rings. The Morgan fingerprint density at radius 3 is 3.14 bits per heavy atom. The van der Waals surface area contributed by atoms with Crippen molar-refractivity contribution in [2.45, 2.75) is 13.8 Å².